The lowest BCUT2D eigenvalue weighted by Crippen LogP contribution is -2.49. The van der Waals surface area contributed by atoms with E-state index in [-0.39, 0.29) is 5.91 Å². The molecule has 3 aromatic rings. The van der Waals surface area contributed by atoms with Crippen molar-refractivity contribution in [3.05, 3.63) is 59.5 Å². The van der Waals surface area contributed by atoms with Gasteiger partial charge in [0, 0.05) is 31.7 Å². The molecule has 7 heteroatoms. The van der Waals surface area contributed by atoms with Crippen molar-refractivity contribution in [1.82, 2.24) is 15.1 Å². The quantitative estimate of drug-likeness (QED) is 0.643. The van der Waals surface area contributed by atoms with E-state index in [0.29, 0.717) is 31.0 Å². The monoisotopic (exact) mass is 406 g/mol. The van der Waals surface area contributed by atoms with Crippen LogP contribution in [-0.2, 0) is 0 Å². The number of hydrogen-bond acceptors (Lipinski definition) is 6. The SMILES string of the molecule is CCOc1ccc(-c2ccc(N3CCN(C(=O)c4cc(C)oc4C)CC3)nn2)cc1. The van der Waals surface area contributed by atoms with Gasteiger partial charge in [-0.25, -0.2) is 0 Å². The van der Waals surface area contributed by atoms with Gasteiger partial charge in [0.25, 0.3) is 5.91 Å². The molecule has 156 valence electrons. The molecule has 0 atom stereocenters. The van der Waals surface area contributed by atoms with Crippen molar-refractivity contribution in [2.75, 3.05) is 37.7 Å². The number of aryl methyl sites for hydroxylation is 2. The van der Waals surface area contributed by atoms with Gasteiger partial charge in [-0.3, -0.25) is 4.79 Å². The molecule has 2 aromatic heterocycles. The number of carbonyl (C=O) groups excluding carboxylic acids is 1. The number of benzene rings is 1. The highest BCUT2D eigenvalue weighted by Gasteiger charge is 2.25. The number of nitrogens with zero attached hydrogens (tertiary/aromatic N) is 4. The number of rotatable bonds is 5. The van der Waals surface area contributed by atoms with Gasteiger partial charge in [0.05, 0.1) is 17.9 Å². The Bertz CT molecular complexity index is 1000. The minimum atomic E-state index is 0.0286. The lowest BCUT2D eigenvalue weighted by Gasteiger charge is -2.35. The van der Waals surface area contributed by atoms with Gasteiger partial charge >= 0.3 is 0 Å². The van der Waals surface area contributed by atoms with Crippen molar-refractivity contribution in [2.45, 2.75) is 20.8 Å². The summed E-state index contributed by atoms with van der Waals surface area (Å²) in [5, 5.41) is 8.80. The zero-order chi connectivity index (χ0) is 21.1. The predicted molar refractivity (Wildman–Crippen MR) is 115 cm³/mol. The van der Waals surface area contributed by atoms with Crippen molar-refractivity contribution in [3.8, 4) is 17.0 Å². The molecule has 4 rings (SSSR count). The molecule has 0 saturated carbocycles. The predicted octanol–water partition coefficient (Wildman–Crippen LogP) is 3.71. The fraction of sp³-hybridized carbons (Fsp3) is 0.348. The molecule has 1 aliphatic heterocycles. The second-order valence-corrected chi connectivity index (χ2v) is 7.34. The third kappa shape index (κ3) is 4.15. The van der Waals surface area contributed by atoms with E-state index in [9.17, 15) is 4.79 Å². The summed E-state index contributed by atoms with van der Waals surface area (Å²) in [6.07, 6.45) is 0. The number of furan rings is 1. The first-order valence-electron chi connectivity index (χ1n) is 10.2. The molecule has 0 spiro atoms. The molecule has 0 aliphatic carbocycles. The molecule has 1 amide bonds. The van der Waals surface area contributed by atoms with E-state index < -0.39 is 0 Å². The van der Waals surface area contributed by atoms with Crippen molar-refractivity contribution in [2.24, 2.45) is 0 Å². The number of amides is 1. The van der Waals surface area contributed by atoms with Gasteiger partial charge in [-0.15, -0.1) is 10.2 Å². The standard InChI is InChI=1S/C23H26N4O3/c1-4-29-19-7-5-18(6-8-19)21-9-10-22(25-24-21)26-11-13-27(14-12-26)23(28)20-15-16(2)30-17(20)3/h5-10,15H,4,11-14H2,1-3H3. The molecular weight excluding hydrogens is 380 g/mol. The van der Waals surface area contributed by atoms with Crippen LogP contribution in [0.15, 0.2) is 46.9 Å². The Kier molecular flexibility index (Phi) is 5.70. The Labute approximate surface area is 176 Å². The van der Waals surface area contributed by atoms with Gasteiger partial charge in [0.2, 0.25) is 0 Å². The minimum Gasteiger partial charge on any atom is -0.494 e. The number of hydrogen-bond donors (Lipinski definition) is 0. The van der Waals surface area contributed by atoms with E-state index in [1.54, 1.807) is 0 Å². The molecule has 0 bridgehead atoms. The Morgan fingerprint density at radius 1 is 1.03 bits per heavy atom. The number of anilines is 1. The molecule has 0 unspecified atom stereocenters. The van der Waals surface area contributed by atoms with E-state index >= 15 is 0 Å². The van der Waals surface area contributed by atoms with Gasteiger partial charge in [0.15, 0.2) is 5.82 Å². The maximum Gasteiger partial charge on any atom is 0.257 e. The van der Waals surface area contributed by atoms with Crippen molar-refractivity contribution in [1.29, 1.82) is 0 Å². The van der Waals surface area contributed by atoms with E-state index in [0.717, 1.165) is 41.7 Å². The summed E-state index contributed by atoms with van der Waals surface area (Å²) in [6, 6.07) is 13.6. The van der Waals surface area contributed by atoms with Crippen LogP contribution in [0, 0.1) is 13.8 Å². The van der Waals surface area contributed by atoms with Crippen LogP contribution in [0.2, 0.25) is 0 Å². The largest absolute Gasteiger partial charge is 0.494 e. The summed E-state index contributed by atoms with van der Waals surface area (Å²) in [5.41, 5.74) is 2.47. The van der Waals surface area contributed by atoms with Crippen LogP contribution in [0.3, 0.4) is 0 Å². The zero-order valence-corrected chi connectivity index (χ0v) is 17.6. The second kappa shape index (κ2) is 8.57. The molecule has 3 heterocycles. The van der Waals surface area contributed by atoms with Crippen LogP contribution in [-0.4, -0.2) is 53.8 Å². The molecular formula is C23H26N4O3. The van der Waals surface area contributed by atoms with E-state index in [1.807, 2.05) is 68.1 Å². The van der Waals surface area contributed by atoms with Crippen LogP contribution in [0.25, 0.3) is 11.3 Å². The van der Waals surface area contributed by atoms with Crippen LogP contribution in [0.4, 0.5) is 5.82 Å². The van der Waals surface area contributed by atoms with Crippen molar-refractivity contribution in [3.63, 3.8) is 0 Å². The Hall–Kier alpha value is -3.35. The molecule has 7 nitrogen and oxygen atoms in total. The van der Waals surface area contributed by atoms with Gasteiger partial charge in [-0.05, 0) is 63.2 Å². The fourth-order valence-electron chi connectivity index (χ4n) is 3.69. The summed E-state index contributed by atoms with van der Waals surface area (Å²) >= 11 is 0. The first kappa shape index (κ1) is 19.9. The van der Waals surface area contributed by atoms with Crippen molar-refractivity contribution < 1.29 is 13.9 Å². The maximum atomic E-state index is 12.8. The number of aromatic nitrogens is 2. The van der Waals surface area contributed by atoms with Crippen LogP contribution < -0.4 is 9.64 Å². The van der Waals surface area contributed by atoms with Crippen molar-refractivity contribution >= 4 is 11.7 Å². The zero-order valence-electron chi connectivity index (χ0n) is 17.6. The summed E-state index contributed by atoms with van der Waals surface area (Å²) < 4.78 is 11.0. The smallest absolute Gasteiger partial charge is 0.257 e. The normalized spacial score (nSPS) is 14.1. The highest BCUT2D eigenvalue weighted by atomic mass is 16.5. The number of ether oxygens (including phenoxy) is 1. The lowest BCUT2D eigenvalue weighted by molar-refractivity contribution is 0.0744. The first-order valence-corrected chi connectivity index (χ1v) is 10.2. The molecule has 1 saturated heterocycles. The third-order valence-electron chi connectivity index (χ3n) is 5.27. The summed E-state index contributed by atoms with van der Waals surface area (Å²) in [4.78, 5) is 16.8. The molecule has 30 heavy (non-hydrogen) atoms. The summed E-state index contributed by atoms with van der Waals surface area (Å²) in [7, 11) is 0. The van der Waals surface area contributed by atoms with E-state index in [4.69, 9.17) is 9.15 Å². The molecule has 0 radical (unpaired) electrons. The molecule has 1 aliphatic rings. The maximum absolute atomic E-state index is 12.8. The molecule has 1 fully saturated rings. The lowest BCUT2D eigenvalue weighted by atomic mass is 10.1. The summed E-state index contributed by atoms with van der Waals surface area (Å²) in [5.74, 6) is 3.14. The second-order valence-electron chi connectivity index (χ2n) is 7.34. The molecule has 0 N–H and O–H groups in total. The number of carbonyl (C=O) groups is 1. The fourth-order valence-corrected chi connectivity index (χ4v) is 3.69. The van der Waals surface area contributed by atoms with Gasteiger partial charge < -0.3 is 19.0 Å². The van der Waals surface area contributed by atoms with Crippen LogP contribution >= 0.6 is 0 Å². The number of piperazine rings is 1. The van der Waals surface area contributed by atoms with Gasteiger partial charge in [-0.1, -0.05) is 0 Å². The van der Waals surface area contributed by atoms with Crippen LogP contribution in [0.5, 0.6) is 5.75 Å². The Morgan fingerprint density at radius 3 is 2.33 bits per heavy atom. The first-order chi connectivity index (χ1) is 14.5. The Balaban J connectivity index is 1.38. The highest BCUT2D eigenvalue weighted by molar-refractivity contribution is 5.95. The van der Waals surface area contributed by atoms with E-state index in [2.05, 4.69) is 15.1 Å². The summed E-state index contributed by atoms with van der Waals surface area (Å²) in [6.45, 7) is 9.03. The average Bonchev–Trinajstić information content (AvgIpc) is 3.12. The van der Waals surface area contributed by atoms with E-state index in [1.165, 1.54) is 0 Å². The van der Waals surface area contributed by atoms with Crippen LogP contribution in [0.1, 0.15) is 28.8 Å². The highest BCUT2D eigenvalue weighted by Crippen LogP contribution is 2.23. The van der Waals surface area contributed by atoms with Gasteiger partial charge in [-0.2, -0.15) is 0 Å². The third-order valence-corrected chi connectivity index (χ3v) is 5.27. The molecule has 1 aromatic carbocycles. The van der Waals surface area contributed by atoms with Gasteiger partial charge in [0.1, 0.15) is 17.3 Å². The Morgan fingerprint density at radius 2 is 1.77 bits per heavy atom. The topological polar surface area (TPSA) is 71.7 Å². The minimum absolute atomic E-state index is 0.0286. The average molecular weight is 406 g/mol.